The van der Waals surface area contributed by atoms with Crippen molar-refractivity contribution in [2.75, 3.05) is 0 Å². The van der Waals surface area contributed by atoms with Crippen LogP contribution in [-0.2, 0) is 10.2 Å². The van der Waals surface area contributed by atoms with Crippen molar-refractivity contribution in [1.82, 2.24) is 4.57 Å². The van der Waals surface area contributed by atoms with Crippen molar-refractivity contribution >= 4 is 22.8 Å². The average Bonchev–Trinajstić information content (AvgIpc) is 3.06. The molecule has 35 heavy (non-hydrogen) atoms. The number of halogens is 5. The zero-order chi connectivity index (χ0) is 26.3. The fourth-order valence-electron chi connectivity index (χ4n) is 4.22. The fraction of sp³-hybridized carbons (Fsp3) is 0.333. The van der Waals surface area contributed by atoms with Crippen molar-refractivity contribution in [2.24, 2.45) is 0 Å². The van der Waals surface area contributed by atoms with Crippen LogP contribution >= 0.6 is 0 Å². The summed E-state index contributed by atoms with van der Waals surface area (Å²) in [4.78, 5) is 25.7. The molecule has 0 radical (unpaired) electrons. The summed E-state index contributed by atoms with van der Waals surface area (Å²) in [5, 5.41) is 19.5. The van der Waals surface area contributed by atoms with E-state index in [2.05, 4.69) is 4.74 Å². The number of aromatic nitrogens is 1. The second-order valence-corrected chi connectivity index (χ2v) is 8.33. The van der Waals surface area contributed by atoms with Crippen LogP contribution in [0.15, 0.2) is 30.3 Å². The van der Waals surface area contributed by atoms with Gasteiger partial charge in [-0.3, -0.25) is 14.2 Å². The topological polar surface area (TPSA) is 88.8 Å². The van der Waals surface area contributed by atoms with Crippen molar-refractivity contribution < 1.29 is 46.5 Å². The number of rotatable bonds is 7. The maximum atomic E-state index is 15.2. The van der Waals surface area contributed by atoms with E-state index in [-0.39, 0.29) is 28.8 Å². The number of benzene rings is 2. The highest BCUT2D eigenvalue weighted by Gasteiger charge is 2.41. The normalized spacial score (nSPS) is 13.6. The van der Waals surface area contributed by atoms with Crippen LogP contribution in [0.2, 0.25) is 0 Å². The van der Waals surface area contributed by atoms with Crippen molar-refractivity contribution in [3.05, 3.63) is 58.8 Å². The van der Waals surface area contributed by atoms with Gasteiger partial charge in [-0.05, 0) is 44.5 Å². The highest BCUT2D eigenvalue weighted by atomic mass is 19.4. The van der Waals surface area contributed by atoms with Gasteiger partial charge in [-0.1, -0.05) is 19.8 Å². The molecule has 188 valence electrons. The van der Waals surface area contributed by atoms with Gasteiger partial charge in [-0.25, -0.2) is 8.78 Å². The third-order valence-electron chi connectivity index (χ3n) is 5.95. The minimum absolute atomic E-state index is 0.00878. The average molecular weight is 499 g/mol. The molecule has 3 aromatic rings. The number of hydrogen-bond donors (Lipinski definition) is 2. The summed E-state index contributed by atoms with van der Waals surface area (Å²) in [6.45, 7) is 4.54. The largest absolute Gasteiger partial charge is 0.573 e. The molecule has 0 bridgehead atoms. The van der Waals surface area contributed by atoms with E-state index < -0.39 is 52.2 Å². The Labute approximate surface area is 196 Å². The molecule has 3 rings (SSSR count). The van der Waals surface area contributed by atoms with Gasteiger partial charge in [0.2, 0.25) is 0 Å². The lowest BCUT2D eigenvalue weighted by Crippen LogP contribution is -2.33. The number of ether oxygens (including phenoxy) is 1. The number of carboxylic acids is 1. The number of nitrogens with zero attached hydrogens (tertiary/aromatic N) is 1. The van der Waals surface area contributed by atoms with Gasteiger partial charge in [0.1, 0.15) is 5.75 Å². The van der Waals surface area contributed by atoms with E-state index in [0.717, 1.165) is 28.8 Å². The van der Waals surface area contributed by atoms with Crippen LogP contribution in [0.4, 0.5) is 22.0 Å². The van der Waals surface area contributed by atoms with Crippen LogP contribution in [0.3, 0.4) is 0 Å². The molecule has 2 aromatic carbocycles. The molecule has 0 saturated carbocycles. The number of aliphatic carboxylic acids is 1. The van der Waals surface area contributed by atoms with Gasteiger partial charge in [0.25, 0.3) is 5.91 Å². The van der Waals surface area contributed by atoms with Crippen molar-refractivity contribution in [3.8, 4) is 11.5 Å². The van der Waals surface area contributed by atoms with Gasteiger partial charge in [-0.2, -0.15) is 0 Å². The monoisotopic (exact) mass is 499 g/mol. The second kappa shape index (κ2) is 9.20. The van der Waals surface area contributed by atoms with Crippen LogP contribution < -0.4 is 4.74 Å². The fourth-order valence-corrected chi connectivity index (χ4v) is 4.22. The molecule has 2 N–H and O–H groups in total. The van der Waals surface area contributed by atoms with Crippen molar-refractivity contribution in [3.63, 3.8) is 0 Å². The molecule has 0 aliphatic rings. The third kappa shape index (κ3) is 4.67. The molecular formula is C24H22F5NO5. The molecule has 1 heterocycles. The third-order valence-corrected chi connectivity index (χ3v) is 5.95. The van der Waals surface area contributed by atoms with Crippen molar-refractivity contribution in [2.45, 2.75) is 51.8 Å². The molecule has 1 aromatic heterocycles. The Morgan fingerprint density at radius 3 is 2.23 bits per heavy atom. The Kier molecular flexibility index (Phi) is 6.83. The molecule has 0 spiro atoms. The van der Waals surface area contributed by atoms with E-state index in [1.807, 2.05) is 6.92 Å². The molecule has 0 fully saturated rings. The predicted molar refractivity (Wildman–Crippen MR) is 116 cm³/mol. The molecular weight excluding hydrogens is 477 g/mol. The Balaban J connectivity index is 2.28. The summed E-state index contributed by atoms with van der Waals surface area (Å²) < 4.78 is 71.5. The summed E-state index contributed by atoms with van der Waals surface area (Å²) >= 11 is 0. The van der Waals surface area contributed by atoms with E-state index in [4.69, 9.17) is 0 Å². The SMILES string of the molecule is CCCC[C@@](C)(C(=O)O)c1c(C)n(C(=O)c2ccc(OC(F)(F)F)cc2)c2cc(F)c(O)c(F)c12. The zero-order valence-corrected chi connectivity index (χ0v) is 19.0. The number of unbranched alkanes of at least 4 members (excludes halogenated alkanes) is 1. The lowest BCUT2D eigenvalue weighted by Gasteiger charge is -2.26. The smallest absolute Gasteiger partial charge is 0.503 e. The molecule has 0 aliphatic carbocycles. The number of hydrogen-bond acceptors (Lipinski definition) is 4. The second-order valence-electron chi connectivity index (χ2n) is 8.33. The highest BCUT2D eigenvalue weighted by molar-refractivity contribution is 6.06. The van der Waals surface area contributed by atoms with Crippen LogP contribution in [0.5, 0.6) is 11.5 Å². The van der Waals surface area contributed by atoms with Crippen LogP contribution in [-0.4, -0.2) is 33.0 Å². The molecule has 1 atom stereocenters. The Bertz CT molecular complexity index is 1300. The van der Waals surface area contributed by atoms with Crippen LogP contribution in [0.25, 0.3) is 10.9 Å². The number of carbonyl (C=O) groups is 2. The van der Waals surface area contributed by atoms with Gasteiger partial charge in [-0.15, -0.1) is 13.2 Å². The molecule has 0 aliphatic heterocycles. The number of aromatic hydroxyl groups is 1. The summed E-state index contributed by atoms with van der Waals surface area (Å²) in [6, 6.07) is 4.59. The van der Waals surface area contributed by atoms with E-state index in [0.29, 0.717) is 18.9 Å². The maximum Gasteiger partial charge on any atom is 0.573 e. The first-order chi connectivity index (χ1) is 16.2. The molecule has 6 nitrogen and oxygen atoms in total. The number of phenolic OH excluding ortho intramolecular Hbond substituents is 1. The van der Waals surface area contributed by atoms with Crippen LogP contribution in [0.1, 0.15) is 54.7 Å². The van der Waals surface area contributed by atoms with Gasteiger partial charge in [0.05, 0.1) is 10.9 Å². The minimum atomic E-state index is -4.94. The predicted octanol–water partition coefficient (Wildman–Crippen LogP) is 6.05. The van der Waals surface area contributed by atoms with Crippen molar-refractivity contribution in [1.29, 1.82) is 0 Å². The summed E-state index contributed by atoms with van der Waals surface area (Å²) in [5.74, 6) is -6.86. The van der Waals surface area contributed by atoms with E-state index in [9.17, 15) is 37.4 Å². The lowest BCUT2D eigenvalue weighted by atomic mass is 9.76. The Morgan fingerprint density at radius 2 is 1.71 bits per heavy atom. The standard InChI is InChI=1S/C24H22F5NO5/c1-4-5-10-23(3,22(33)34)18-12(2)30(16-11-15(25)20(31)19(26)17(16)18)21(32)13-6-8-14(9-7-13)35-24(27,28)29/h6-9,11,31H,4-5,10H2,1-3H3,(H,33,34)/t23-/m1/s1. The summed E-state index contributed by atoms with van der Waals surface area (Å²) in [5.41, 5.74) is -2.28. The maximum absolute atomic E-state index is 15.2. The lowest BCUT2D eigenvalue weighted by molar-refractivity contribution is -0.274. The number of carboxylic acid groups (broad SMARTS) is 1. The molecule has 0 unspecified atom stereocenters. The number of alkyl halides is 3. The Morgan fingerprint density at radius 1 is 1.11 bits per heavy atom. The summed E-state index contributed by atoms with van der Waals surface area (Å²) in [6.07, 6.45) is -3.81. The highest BCUT2D eigenvalue weighted by Crippen LogP contribution is 2.43. The summed E-state index contributed by atoms with van der Waals surface area (Å²) in [7, 11) is 0. The van der Waals surface area contributed by atoms with E-state index in [1.54, 1.807) is 0 Å². The molecule has 0 saturated heterocycles. The number of fused-ring (bicyclic) bond motifs is 1. The first kappa shape index (κ1) is 26.0. The zero-order valence-electron chi connectivity index (χ0n) is 19.0. The number of carbonyl (C=O) groups excluding carboxylic acids is 1. The van der Waals surface area contributed by atoms with Gasteiger partial charge >= 0.3 is 12.3 Å². The molecule has 0 amide bonds. The van der Waals surface area contributed by atoms with Gasteiger partial charge < -0.3 is 14.9 Å². The van der Waals surface area contributed by atoms with E-state index >= 15 is 4.39 Å². The first-order valence-corrected chi connectivity index (χ1v) is 10.6. The first-order valence-electron chi connectivity index (χ1n) is 10.6. The van der Waals surface area contributed by atoms with Crippen LogP contribution in [0, 0.1) is 18.6 Å². The van der Waals surface area contributed by atoms with E-state index in [1.165, 1.54) is 13.8 Å². The van der Waals surface area contributed by atoms with Gasteiger partial charge in [0.15, 0.2) is 17.4 Å². The number of phenols is 1. The minimum Gasteiger partial charge on any atom is -0.503 e. The molecule has 11 heteroatoms. The Hall–Kier alpha value is -3.63. The van der Waals surface area contributed by atoms with Gasteiger partial charge in [0, 0.05) is 28.3 Å². The quantitative estimate of drug-likeness (QED) is 0.386.